The van der Waals surface area contributed by atoms with E-state index in [0.29, 0.717) is 17.0 Å². The van der Waals surface area contributed by atoms with Gasteiger partial charge >= 0.3 is 0 Å². The van der Waals surface area contributed by atoms with E-state index in [4.69, 9.17) is 4.74 Å². The van der Waals surface area contributed by atoms with Crippen LogP contribution in [0.5, 0.6) is 5.75 Å². The number of ether oxygens (including phenoxy) is 1. The molecule has 2 amide bonds. The number of fused-ring (bicyclic) bond motifs is 1. The first-order chi connectivity index (χ1) is 14.1. The second-order valence-corrected chi connectivity index (χ2v) is 8.03. The van der Waals surface area contributed by atoms with Gasteiger partial charge in [-0.05, 0) is 66.2 Å². The van der Waals surface area contributed by atoms with Crippen molar-refractivity contribution < 1.29 is 14.3 Å². The highest BCUT2D eigenvalue weighted by atomic mass is 32.1. The van der Waals surface area contributed by atoms with Crippen LogP contribution in [0.3, 0.4) is 0 Å². The summed E-state index contributed by atoms with van der Waals surface area (Å²) >= 11 is 1.42. The van der Waals surface area contributed by atoms with Crippen LogP contribution < -0.4 is 15.0 Å². The van der Waals surface area contributed by atoms with Crippen LogP contribution in [-0.4, -0.2) is 25.0 Å². The van der Waals surface area contributed by atoms with Gasteiger partial charge in [0, 0.05) is 23.8 Å². The third kappa shape index (κ3) is 3.89. The molecule has 148 valence electrons. The van der Waals surface area contributed by atoms with Gasteiger partial charge < -0.3 is 15.0 Å². The lowest BCUT2D eigenvalue weighted by molar-refractivity contribution is 0.0952. The molecule has 0 aliphatic carbocycles. The molecule has 1 aliphatic heterocycles. The number of nitrogens with one attached hydrogen (secondary N) is 1. The predicted molar refractivity (Wildman–Crippen MR) is 115 cm³/mol. The molecule has 1 aliphatic rings. The summed E-state index contributed by atoms with van der Waals surface area (Å²) in [6, 6.07) is 17.0. The summed E-state index contributed by atoms with van der Waals surface area (Å²) < 4.78 is 5.18. The second-order valence-electron chi connectivity index (χ2n) is 7.08. The van der Waals surface area contributed by atoms with Crippen LogP contribution in [0.1, 0.15) is 38.1 Å². The summed E-state index contributed by atoms with van der Waals surface area (Å²) in [6.07, 6.45) is 0.819. The molecular formula is C23H22N2O3S. The number of hydrogen-bond acceptors (Lipinski definition) is 4. The third-order valence-corrected chi connectivity index (χ3v) is 5.99. The van der Waals surface area contributed by atoms with Gasteiger partial charge in [0.25, 0.3) is 11.8 Å². The Labute approximate surface area is 173 Å². The zero-order valence-corrected chi connectivity index (χ0v) is 17.2. The number of anilines is 1. The van der Waals surface area contributed by atoms with Crippen LogP contribution in [0.15, 0.2) is 60.0 Å². The van der Waals surface area contributed by atoms with E-state index in [-0.39, 0.29) is 17.9 Å². The zero-order chi connectivity index (χ0) is 20.4. The maximum absolute atomic E-state index is 13.2. The SMILES string of the molecule is COc1ccc(C(=O)N2c3cc(CNC(=O)c4cccs4)ccc3C[C@H]2C)cc1. The van der Waals surface area contributed by atoms with Crippen molar-refractivity contribution in [3.05, 3.63) is 81.5 Å². The largest absolute Gasteiger partial charge is 0.497 e. The average Bonchev–Trinajstić information content (AvgIpc) is 3.39. The van der Waals surface area contributed by atoms with Crippen molar-refractivity contribution in [3.63, 3.8) is 0 Å². The lowest BCUT2D eigenvalue weighted by Gasteiger charge is -2.23. The topological polar surface area (TPSA) is 58.6 Å². The minimum absolute atomic E-state index is 0.0290. The molecule has 0 saturated heterocycles. The van der Waals surface area contributed by atoms with E-state index in [0.717, 1.165) is 29.0 Å². The van der Waals surface area contributed by atoms with Gasteiger partial charge in [-0.3, -0.25) is 9.59 Å². The number of nitrogens with zero attached hydrogens (tertiary/aromatic N) is 1. The van der Waals surface area contributed by atoms with Gasteiger partial charge in [-0.25, -0.2) is 0 Å². The highest BCUT2D eigenvalue weighted by Gasteiger charge is 2.31. The quantitative estimate of drug-likeness (QED) is 0.688. The van der Waals surface area contributed by atoms with Crippen molar-refractivity contribution in [1.29, 1.82) is 0 Å². The summed E-state index contributed by atoms with van der Waals surface area (Å²) in [6.45, 7) is 2.47. The van der Waals surface area contributed by atoms with Crippen LogP contribution in [0.4, 0.5) is 5.69 Å². The number of carbonyl (C=O) groups excluding carboxylic acids is 2. The fourth-order valence-electron chi connectivity index (χ4n) is 3.62. The molecule has 1 N–H and O–H groups in total. The number of benzene rings is 2. The Bertz CT molecular complexity index is 1030. The van der Waals surface area contributed by atoms with E-state index < -0.39 is 0 Å². The van der Waals surface area contributed by atoms with Gasteiger partial charge in [-0.15, -0.1) is 11.3 Å². The maximum Gasteiger partial charge on any atom is 0.261 e. The van der Waals surface area contributed by atoms with Gasteiger partial charge in [0.1, 0.15) is 5.75 Å². The monoisotopic (exact) mass is 406 g/mol. The molecule has 3 aromatic rings. The first-order valence-corrected chi connectivity index (χ1v) is 10.4. The van der Waals surface area contributed by atoms with E-state index in [1.54, 1.807) is 37.4 Å². The average molecular weight is 407 g/mol. The highest BCUT2D eigenvalue weighted by Crippen LogP contribution is 2.34. The summed E-state index contributed by atoms with van der Waals surface area (Å²) in [5.74, 6) is 0.610. The van der Waals surface area contributed by atoms with E-state index in [9.17, 15) is 9.59 Å². The Morgan fingerprint density at radius 3 is 2.66 bits per heavy atom. The summed E-state index contributed by atoms with van der Waals surface area (Å²) in [7, 11) is 1.61. The van der Waals surface area contributed by atoms with Gasteiger partial charge in [0.2, 0.25) is 0 Å². The highest BCUT2D eigenvalue weighted by molar-refractivity contribution is 7.12. The molecule has 0 spiro atoms. The molecule has 2 aromatic carbocycles. The molecular weight excluding hydrogens is 384 g/mol. The minimum atomic E-state index is -0.0833. The van der Waals surface area contributed by atoms with Crippen LogP contribution >= 0.6 is 11.3 Å². The first-order valence-electron chi connectivity index (χ1n) is 9.48. The number of rotatable bonds is 5. The van der Waals surface area contributed by atoms with Crippen molar-refractivity contribution in [2.45, 2.75) is 25.9 Å². The van der Waals surface area contributed by atoms with Gasteiger partial charge in [0.15, 0.2) is 0 Å². The number of thiophene rings is 1. The van der Waals surface area contributed by atoms with Crippen molar-refractivity contribution in [3.8, 4) is 5.75 Å². The standard InChI is InChI=1S/C23H22N2O3S/c1-15-12-18-6-5-16(14-24-22(26)21-4-3-11-29-21)13-20(18)25(15)23(27)17-7-9-19(28-2)10-8-17/h3-11,13,15H,12,14H2,1-2H3,(H,24,26)/t15-/m1/s1. The van der Waals surface area contributed by atoms with Gasteiger partial charge in [-0.1, -0.05) is 18.2 Å². The summed E-state index contributed by atoms with van der Waals surface area (Å²) in [4.78, 5) is 27.9. The normalized spacial score (nSPS) is 15.1. The van der Waals surface area contributed by atoms with E-state index in [1.165, 1.54) is 11.3 Å². The molecule has 0 saturated carbocycles. The Morgan fingerprint density at radius 2 is 1.97 bits per heavy atom. The van der Waals surface area contributed by atoms with Crippen molar-refractivity contribution in [2.75, 3.05) is 12.0 Å². The Morgan fingerprint density at radius 1 is 1.17 bits per heavy atom. The number of amides is 2. The summed E-state index contributed by atoms with van der Waals surface area (Å²) in [5, 5.41) is 4.83. The molecule has 6 heteroatoms. The van der Waals surface area contributed by atoms with Crippen LogP contribution in [0, 0.1) is 0 Å². The third-order valence-electron chi connectivity index (χ3n) is 5.12. The van der Waals surface area contributed by atoms with Gasteiger partial charge in [0.05, 0.1) is 12.0 Å². The lowest BCUT2D eigenvalue weighted by atomic mass is 10.1. The molecule has 0 radical (unpaired) electrons. The van der Waals surface area contributed by atoms with Crippen molar-refractivity contribution >= 4 is 28.8 Å². The molecule has 4 rings (SSSR count). The summed E-state index contributed by atoms with van der Waals surface area (Å²) in [5.41, 5.74) is 3.66. The van der Waals surface area contributed by atoms with Crippen LogP contribution in [0.2, 0.25) is 0 Å². The minimum Gasteiger partial charge on any atom is -0.497 e. The molecule has 2 heterocycles. The maximum atomic E-state index is 13.2. The number of hydrogen-bond donors (Lipinski definition) is 1. The zero-order valence-electron chi connectivity index (χ0n) is 16.3. The van der Waals surface area contributed by atoms with Crippen molar-refractivity contribution in [2.24, 2.45) is 0 Å². The fourth-order valence-corrected chi connectivity index (χ4v) is 4.26. The smallest absolute Gasteiger partial charge is 0.261 e. The van der Waals surface area contributed by atoms with Crippen molar-refractivity contribution in [1.82, 2.24) is 5.32 Å². The van der Waals surface area contributed by atoms with E-state index in [1.807, 2.05) is 28.5 Å². The Hall–Kier alpha value is -3.12. The molecule has 1 aromatic heterocycles. The number of carbonyl (C=O) groups is 2. The number of methoxy groups -OCH3 is 1. The van der Waals surface area contributed by atoms with Crippen LogP contribution in [-0.2, 0) is 13.0 Å². The van der Waals surface area contributed by atoms with E-state index in [2.05, 4.69) is 18.3 Å². The molecule has 1 atom stereocenters. The van der Waals surface area contributed by atoms with Crippen LogP contribution in [0.25, 0.3) is 0 Å². The lowest BCUT2D eigenvalue weighted by Crippen LogP contribution is -2.35. The van der Waals surface area contributed by atoms with Gasteiger partial charge in [-0.2, -0.15) is 0 Å². The molecule has 5 nitrogen and oxygen atoms in total. The molecule has 0 fully saturated rings. The predicted octanol–water partition coefficient (Wildman–Crippen LogP) is 4.28. The first kappa shape index (κ1) is 19.2. The Kier molecular flexibility index (Phi) is 5.36. The fraction of sp³-hybridized carbons (Fsp3) is 0.217. The molecule has 0 unspecified atom stereocenters. The Balaban J connectivity index is 1.53. The molecule has 0 bridgehead atoms. The molecule has 29 heavy (non-hydrogen) atoms. The second kappa shape index (κ2) is 8.09. The van der Waals surface area contributed by atoms with E-state index >= 15 is 0 Å².